The third-order valence-corrected chi connectivity index (χ3v) is 3.99. The minimum atomic E-state index is 0.249. The largest absolute Gasteiger partial charge is 0.493 e. The third-order valence-electron chi connectivity index (χ3n) is 3.31. The van der Waals surface area contributed by atoms with Crippen LogP contribution in [0, 0.1) is 5.92 Å². The second-order valence-corrected chi connectivity index (χ2v) is 5.10. The topological polar surface area (TPSA) is 70.5 Å². The lowest BCUT2D eigenvalue weighted by molar-refractivity contribution is 0.353. The number of halogens is 1. The highest BCUT2D eigenvalue weighted by Crippen LogP contribution is 2.38. The van der Waals surface area contributed by atoms with Crippen LogP contribution in [-0.4, -0.2) is 27.3 Å². The quantitative estimate of drug-likeness (QED) is 0.843. The van der Waals surface area contributed by atoms with Crippen LogP contribution in [0.15, 0.2) is 16.6 Å². The van der Waals surface area contributed by atoms with Crippen LogP contribution in [0.5, 0.6) is 11.5 Å². The van der Waals surface area contributed by atoms with E-state index in [2.05, 4.69) is 22.9 Å². The minimum absolute atomic E-state index is 0.249. The summed E-state index contributed by atoms with van der Waals surface area (Å²) in [7, 11) is 3.25. The number of methoxy groups -OCH3 is 2. The number of rotatable bonds is 6. The van der Waals surface area contributed by atoms with Crippen molar-refractivity contribution in [2.24, 2.45) is 17.4 Å². The van der Waals surface area contributed by atoms with Gasteiger partial charge in [-0.25, -0.2) is 0 Å². The minimum Gasteiger partial charge on any atom is -0.493 e. The molecule has 4 nitrogen and oxygen atoms in total. The van der Waals surface area contributed by atoms with Crippen molar-refractivity contribution in [2.45, 2.75) is 12.8 Å². The molecule has 0 heterocycles. The van der Waals surface area contributed by atoms with E-state index in [4.69, 9.17) is 20.9 Å². The van der Waals surface area contributed by atoms with Gasteiger partial charge in [0.2, 0.25) is 0 Å². The van der Waals surface area contributed by atoms with Crippen molar-refractivity contribution in [1.82, 2.24) is 0 Å². The van der Waals surface area contributed by atoms with Crippen LogP contribution in [0.25, 0.3) is 0 Å². The normalized spacial score (nSPS) is 12.6. The molecule has 102 valence electrons. The van der Waals surface area contributed by atoms with Crippen LogP contribution in [-0.2, 0) is 0 Å². The van der Waals surface area contributed by atoms with E-state index in [0.717, 1.165) is 15.8 Å². The fraction of sp³-hybridized carbons (Fsp3) is 0.538. The Hall–Kier alpha value is -0.780. The monoisotopic (exact) mass is 316 g/mol. The van der Waals surface area contributed by atoms with Gasteiger partial charge in [-0.1, -0.05) is 22.9 Å². The SMILES string of the molecule is COc1cc(Br)c(C(C)C(CN)CN)cc1OC. The molecule has 1 aromatic rings. The molecule has 1 unspecified atom stereocenters. The Bertz CT molecular complexity index is 395. The van der Waals surface area contributed by atoms with Crippen molar-refractivity contribution < 1.29 is 9.47 Å². The molecule has 0 aromatic heterocycles. The first-order valence-electron chi connectivity index (χ1n) is 5.90. The van der Waals surface area contributed by atoms with E-state index in [0.29, 0.717) is 18.8 Å². The highest BCUT2D eigenvalue weighted by atomic mass is 79.9. The predicted octanol–water partition coefficient (Wildman–Crippen LogP) is 2.10. The van der Waals surface area contributed by atoms with Crippen molar-refractivity contribution in [3.8, 4) is 11.5 Å². The predicted molar refractivity (Wildman–Crippen MR) is 77.3 cm³/mol. The zero-order valence-corrected chi connectivity index (χ0v) is 12.7. The molecule has 0 saturated carbocycles. The van der Waals surface area contributed by atoms with Crippen LogP contribution in [0.1, 0.15) is 18.4 Å². The van der Waals surface area contributed by atoms with E-state index >= 15 is 0 Å². The molecule has 18 heavy (non-hydrogen) atoms. The van der Waals surface area contributed by atoms with Crippen molar-refractivity contribution in [1.29, 1.82) is 0 Å². The number of benzene rings is 1. The average molecular weight is 317 g/mol. The van der Waals surface area contributed by atoms with Gasteiger partial charge in [-0.2, -0.15) is 0 Å². The lowest BCUT2D eigenvalue weighted by Crippen LogP contribution is -2.28. The summed E-state index contributed by atoms with van der Waals surface area (Å²) in [6, 6.07) is 3.89. The third kappa shape index (κ3) is 3.16. The molecule has 0 aliphatic rings. The molecule has 0 fully saturated rings. The van der Waals surface area contributed by atoms with Crippen LogP contribution < -0.4 is 20.9 Å². The molecule has 5 heteroatoms. The number of ether oxygens (including phenoxy) is 2. The van der Waals surface area contributed by atoms with Gasteiger partial charge in [0.05, 0.1) is 14.2 Å². The number of hydrogen-bond donors (Lipinski definition) is 2. The summed E-state index contributed by atoms with van der Waals surface area (Å²) in [4.78, 5) is 0. The van der Waals surface area contributed by atoms with E-state index < -0.39 is 0 Å². The lowest BCUT2D eigenvalue weighted by Gasteiger charge is -2.23. The maximum Gasteiger partial charge on any atom is 0.161 e. The van der Waals surface area contributed by atoms with Crippen LogP contribution in [0.2, 0.25) is 0 Å². The summed E-state index contributed by atoms with van der Waals surface area (Å²) >= 11 is 3.56. The van der Waals surface area contributed by atoms with Gasteiger partial charge in [-0.3, -0.25) is 0 Å². The Labute approximate surface area is 117 Å². The Kier molecular flexibility index (Phi) is 5.91. The molecule has 4 N–H and O–H groups in total. The summed E-state index contributed by atoms with van der Waals surface area (Å²) in [6.07, 6.45) is 0. The Morgan fingerprint density at radius 3 is 2.06 bits per heavy atom. The molecule has 0 saturated heterocycles. The molecule has 0 bridgehead atoms. The summed E-state index contributed by atoms with van der Waals surface area (Å²) in [6.45, 7) is 3.26. The van der Waals surface area contributed by atoms with Gasteiger partial charge >= 0.3 is 0 Å². The van der Waals surface area contributed by atoms with Gasteiger partial charge in [0, 0.05) is 4.47 Å². The Balaban J connectivity index is 3.16. The first-order chi connectivity index (χ1) is 8.58. The van der Waals surface area contributed by atoms with E-state index in [1.54, 1.807) is 14.2 Å². The molecule has 0 radical (unpaired) electrons. The first kappa shape index (κ1) is 15.3. The second-order valence-electron chi connectivity index (χ2n) is 4.25. The highest BCUT2D eigenvalue weighted by Gasteiger charge is 2.20. The van der Waals surface area contributed by atoms with Crippen molar-refractivity contribution in [2.75, 3.05) is 27.3 Å². The summed E-state index contributed by atoms with van der Waals surface area (Å²) in [5, 5.41) is 0. The van der Waals surface area contributed by atoms with Crippen LogP contribution in [0.3, 0.4) is 0 Å². The van der Waals surface area contributed by atoms with Gasteiger partial charge in [0.15, 0.2) is 11.5 Å². The van der Waals surface area contributed by atoms with Gasteiger partial charge < -0.3 is 20.9 Å². The average Bonchev–Trinajstić information content (AvgIpc) is 2.39. The standard InChI is InChI=1S/C13H21BrN2O2/c1-8(9(6-15)7-16)10-4-12(17-2)13(18-3)5-11(10)14/h4-5,8-9H,6-7,15-16H2,1-3H3. The fourth-order valence-corrected chi connectivity index (χ4v) is 2.66. The summed E-state index contributed by atoms with van der Waals surface area (Å²) in [5.41, 5.74) is 12.6. The van der Waals surface area contributed by atoms with E-state index in [-0.39, 0.29) is 11.8 Å². The maximum atomic E-state index is 5.75. The molecule has 1 rings (SSSR count). The van der Waals surface area contributed by atoms with Crippen LogP contribution in [0.4, 0.5) is 0 Å². The molecule has 1 aromatic carbocycles. The zero-order valence-electron chi connectivity index (χ0n) is 11.1. The van der Waals surface area contributed by atoms with E-state index in [1.165, 1.54) is 0 Å². The molecule has 0 spiro atoms. The lowest BCUT2D eigenvalue weighted by atomic mass is 9.87. The van der Waals surface area contributed by atoms with Gasteiger partial charge in [0.25, 0.3) is 0 Å². The maximum absolute atomic E-state index is 5.75. The van der Waals surface area contributed by atoms with Crippen LogP contribution >= 0.6 is 15.9 Å². The zero-order chi connectivity index (χ0) is 13.7. The molecule has 1 atom stereocenters. The Morgan fingerprint density at radius 1 is 1.11 bits per heavy atom. The van der Waals surface area contributed by atoms with Crippen molar-refractivity contribution >= 4 is 15.9 Å². The van der Waals surface area contributed by atoms with Crippen molar-refractivity contribution in [3.63, 3.8) is 0 Å². The molecule has 0 aliphatic carbocycles. The molecular formula is C13H21BrN2O2. The summed E-state index contributed by atoms with van der Waals surface area (Å²) in [5.74, 6) is 1.93. The second kappa shape index (κ2) is 6.97. The van der Waals surface area contributed by atoms with E-state index in [1.807, 2.05) is 12.1 Å². The molecular weight excluding hydrogens is 296 g/mol. The van der Waals surface area contributed by atoms with E-state index in [9.17, 15) is 0 Å². The molecule has 0 aliphatic heterocycles. The number of nitrogens with two attached hydrogens (primary N) is 2. The molecule has 0 amide bonds. The summed E-state index contributed by atoms with van der Waals surface area (Å²) < 4.78 is 11.6. The van der Waals surface area contributed by atoms with Gasteiger partial charge in [-0.05, 0) is 42.6 Å². The highest BCUT2D eigenvalue weighted by molar-refractivity contribution is 9.10. The van der Waals surface area contributed by atoms with Gasteiger partial charge in [-0.15, -0.1) is 0 Å². The van der Waals surface area contributed by atoms with Crippen molar-refractivity contribution in [3.05, 3.63) is 22.2 Å². The first-order valence-corrected chi connectivity index (χ1v) is 6.69. The van der Waals surface area contributed by atoms with Gasteiger partial charge in [0.1, 0.15) is 0 Å². The Morgan fingerprint density at radius 2 is 1.61 bits per heavy atom. The smallest absolute Gasteiger partial charge is 0.161 e. The number of hydrogen-bond acceptors (Lipinski definition) is 4. The fourth-order valence-electron chi connectivity index (χ4n) is 1.98.